The third kappa shape index (κ3) is 10.0. The van der Waals surface area contributed by atoms with Gasteiger partial charge in [0.2, 0.25) is 10.3 Å². The van der Waals surface area contributed by atoms with Gasteiger partial charge in [-0.05, 0) is 111 Å². The van der Waals surface area contributed by atoms with Crippen LogP contribution in [0.4, 0.5) is 19.0 Å². The molecule has 57 heavy (non-hydrogen) atoms. The number of carbonyl (C=O) groups excluding carboxylic acids is 2. The molecule has 0 aliphatic carbocycles. The van der Waals surface area contributed by atoms with Crippen molar-refractivity contribution in [3.05, 3.63) is 118 Å². The Hall–Kier alpha value is -5.60. The summed E-state index contributed by atoms with van der Waals surface area (Å²) in [5.41, 5.74) is 5.30. The predicted molar refractivity (Wildman–Crippen MR) is 224 cm³/mol. The van der Waals surface area contributed by atoms with Crippen LogP contribution in [-0.2, 0) is 0 Å². The van der Waals surface area contributed by atoms with Crippen LogP contribution in [0, 0.1) is 39.3 Å². The van der Waals surface area contributed by atoms with Crippen molar-refractivity contribution in [2.45, 2.75) is 67.2 Å². The largest absolute Gasteiger partial charge is 0.507 e. The lowest BCUT2D eigenvalue weighted by Crippen LogP contribution is -2.32. The summed E-state index contributed by atoms with van der Waals surface area (Å²) in [5, 5.41) is 29.2. The van der Waals surface area contributed by atoms with Crippen molar-refractivity contribution < 1.29 is 28.2 Å². The minimum atomic E-state index is -0.552. The molecule has 2 amide bonds. The summed E-state index contributed by atoms with van der Waals surface area (Å²) >= 11 is 2.60. The molecule has 0 atom stereocenters. The maximum Gasteiger partial charge on any atom is 0.263 e. The van der Waals surface area contributed by atoms with E-state index in [9.17, 15) is 23.5 Å². The summed E-state index contributed by atoms with van der Waals surface area (Å²) in [5.74, 6) is -0.812. The number of unbranched alkanes of at least 4 members (excludes halogenated alkanes) is 2. The molecule has 0 saturated carbocycles. The number of ether oxygens (including phenoxy) is 1. The molecule has 298 valence electrons. The number of aromatic nitrogens is 4. The number of methoxy groups -OCH3 is 1. The topological polar surface area (TPSA) is 122 Å². The normalized spacial score (nSPS) is 10.8. The molecule has 0 spiro atoms. The monoisotopic (exact) mass is 812 g/mol. The Morgan fingerprint density at radius 1 is 0.649 bits per heavy atom. The van der Waals surface area contributed by atoms with E-state index in [1.165, 1.54) is 56.7 Å². The van der Waals surface area contributed by atoms with Crippen molar-refractivity contribution in [1.29, 1.82) is 0 Å². The molecule has 1 N–H and O–H groups in total. The number of rotatable bonds is 13. The van der Waals surface area contributed by atoms with Gasteiger partial charge in [-0.1, -0.05) is 73.6 Å². The summed E-state index contributed by atoms with van der Waals surface area (Å²) in [4.78, 5) is 29.0. The van der Waals surface area contributed by atoms with Gasteiger partial charge in [-0.15, -0.1) is 20.4 Å². The summed E-state index contributed by atoms with van der Waals surface area (Å²) in [7, 11) is 1.65. The lowest BCUT2D eigenvalue weighted by molar-refractivity contribution is 0.0974. The van der Waals surface area contributed by atoms with E-state index in [1.807, 2.05) is 65.8 Å². The summed E-state index contributed by atoms with van der Waals surface area (Å²) in [6.07, 6.45) is 3.36. The average Bonchev–Trinajstić information content (AvgIpc) is 3.89. The lowest BCUT2D eigenvalue weighted by atomic mass is 10.1. The minimum Gasteiger partial charge on any atom is -0.507 e. The molecule has 0 radical (unpaired) electrons. The minimum absolute atomic E-state index is 0.0201. The van der Waals surface area contributed by atoms with Gasteiger partial charge in [0.05, 0.1) is 18.2 Å². The van der Waals surface area contributed by atoms with E-state index >= 15 is 0 Å². The molecule has 0 aliphatic heterocycles. The first kappa shape index (κ1) is 42.5. The second-order valence-electron chi connectivity index (χ2n) is 13.5. The van der Waals surface area contributed by atoms with Gasteiger partial charge in [-0.3, -0.25) is 19.4 Å². The standard InChI is InChI=1S/C22H24FN3O2S.C21H22FN3O2S/c1-5-6-11-26(21(27)17-9-7-8-10-18(17)23)22-25-24-20(29-22)16-12-14(2)19(28-4)15(3)13-16;1-4-5-10-25(20(27)16-8-6-7-9-17(16)22)21-24-23-19(28-21)15-11-13(2)18(26)14(3)12-15/h7-10,12-13H,5-6,11H2,1-4H3;6-9,11-12,26H,4-5,10H2,1-3H3. The predicted octanol–water partition coefficient (Wildman–Crippen LogP) is 10.5. The van der Waals surface area contributed by atoms with Crippen LogP contribution >= 0.6 is 22.7 Å². The fourth-order valence-corrected chi connectivity index (χ4v) is 7.83. The molecule has 2 heterocycles. The van der Waals surface area contributed by atoms with E-state index in [1.54, 1.807) is 31.4 Å². The Morgan fingerprint density at radius 3 is 1.40 bits per heavy atom. The van der Waals surface area contributed by atoms with Crippen LogP contribution in [-0.4, -0.2) is 57.5 Å². The summed E-state index contributed by atoms with van der Waals surface area (Å²) < 4.78 is 33.7. The fourth-order valence-electron chi connectivity index (χ4n) is 6.12. The third-order valence-corrected chi connectivity index (χ3v) is 11.1. The number of carbonyl (C=O) groups is 2. The number of phenolic OH excluding ortho intramolecular Hbond substituents is 1. The molecule has 0 bridgehead atoms. The number of hydrogen-bond donors (Lipinski definition) is 1. The Balaban J connectivity index is 0.000000218. The fraction of sp³-hybridized carbons (Fsp3) is 0.302. The highest BCUT2D eigenvalue weighted by molar-refractivity contribution is 7.19. The number of benzene rings is 4. The highest BCUT2D eigenvalue weighted by atomic mass is 32.1. The number of halogens is 2. The Labute approximate surface area is 339 Å². The summed E-state index contributed by atoms with van der Waals surface area (Å²) in [6.45, 7) is 12.6. The Morgan fingerprint density at radius 2 is 1.04 bits per heavy atom. The highest BCUT2D eigenvalue weighted by Crippen LogP contribution is 2.36. The number of nitrogens with zero attached hydrogens (tertiary/aromatic N) is 6. The van der Waals surface area contributed by atoms with E-state index in [-0.39, 0.29) is 16.9 Å². The van der Waals surface area contributed by atoms with Crippen molar-refractivity contribution in [2.75, 3.05) is 30.0 Å². The van der Waals surface area contributed by atoms with Crippen molar-refractivity contribution in [3.8, 4) is 32.6 Å². The number of hydrogen-bond acceptors (Lipinski definition) is 10. The molecule has 0 saturated heterocycles. The molecular weight excluding hydrogens is 767 g/mol. The van der Waals surface area contributed by atoms with E-state index in [2.05, 4.69) is 20.4 Å². The second kappa shape index (κ2) is 19.5. The molecule has 4 aromatic carbocycles. The van der Waals surface area contributed by atoms with Crippen molar-refractivity contribution in [1.82, 2.24) is 20.4 Å². The van der Waals surface area contributed by atoms with Gasteiger partial charge in [0.15, 0.2) is 0 Å². The molecule has 0 fully saturated rings. The molecule has 0 unspecified atom stereocenters. The molecule has 14 heteroatoms. The molecule has 10 nitrogen and oxygen atoms in total. The maximum absolute atomic E-state index is 14.2. The number of phenols is 1. The van der Waals surface area contributed by atoms with Gasteiger partial charge >= 0.3 is 0 Å². The number of aromatic hydroxyl groups is 1. The van der Waals surface area contributed by atoms with E-state index in [0.717, 1.165) is 64.8 Å². The Bertz CT molecular complexity index is 2300. The Kier molecular flexibility index (Phi) is 14.6. The lowest BCUT2D eigenvalue weighted by Gasteiger charge is -2.19. The van der Waals surface area contributed by atoms with Gasteiger partial charge < -0.3 is 9.84 Å². The number of aryl methyl sites for hydroxylation is 4. The summed E-state index contributed by atoms with van der Waals surface area (Å²) in [6, 6.07) is 19.6. The zero-order valence-electron chi connectivity index (χ0n) is 33.1. The SMILES string of the molecule is CCCCN(C(=O)c1ccccc1F)c1nnc(-c2cc(C)c(O)c(C)c2)s1.CCCCN(C(=O)c1ccccc1F)c1nnc(-c2cc(C)c(OC)c(C)c2)s1. The number of amides is 2. The molecule has 0 aliphatic rings. The van der Waals surface area contributed by atoms with Crippen molar-refractivity contribution in [3.63, 3.8) is 0 Å². The zero-order chi connectivity index (χ0) is 41.2. The molecule has 2 aromatic heterocycles. The first-order chi connectivity index (χ1) is 27.4. The van der Waals surface area contributed by atoms with Gasteiger partial charge in [0.1, 0.15) is 33.1 Å². The smallest absolute Gasteiger partial charge is 0.263 e. The molecule has 6 rings (SSSR count). The first-order valence-corrected chi connectivity index (χ1v) is 20.3. The van der Waals surface area contributed by atoms with Crippen LogP contribution in [0.5, 0.6) is 11.5 Å². The molecule has 6 aromatic rings. The van der Waals surface area contributed by atoms with E-state index in [4.69, 9.17) is 4.74 Å². The van der Waals surface area contributed by atoms with Crippen LogP contribution in [0.1, 0.15) is 82.5 Å². The maximum atomic E-state index is 14.2. The van der Waals surface area contributed by atoms with E-state index < -0.39 is 23.4 Å². The van der Waals surface area contributed by atoms with Crippen LogP contribution in [0.15, 0.2) is 72.8 Å². The van der Waals surface area contributed by atoms with Crippen LogP contribution in [0.3, 0.4) is 0 Å². The van der Waals surface area contributed by atoms with Crippen molar-refractivity contribution in [2.24, 2.45) is 0 Å². The van der Waals surface area contributed by atoms with Gasteiger partial charge in [0.25, 0.3) is 11.8 Å². The molecular formula is C43H46F2N6O4S2. The van der Waals surface area contributed by atoms with Crippen molar-refractivity contribution >= 4 is 44.8 Å². The zero-order valence-corrected chi connectivity index (χ0v) is 34.7. The second-order valence-corrected chi connectivity index (χ2v) is 15.4. The van der Waals surface area contributed by atoms with Crippen LogP contribution in [0.2, 0.25) is 0 Å². The van der Waals surface area contributed by atoms with Crippen LogP contribution < -0.4 is 14.5 Å². The van der Waals surface area contributed by atoms with Crippen LogP contribution in [0.25, 0.3) is 21.1 Å². The number of anilines is 2. The first-order valence-electron chi connectivity index (χ1n) is 18.6. The van der Waals surface area contributed by atoms with Gasteiger partial charge in [-0.2, -0.15) is 0 Å². The quantitative estimate of drug-likeness (QED) is 0.122. The van der Waals surface area contributed by atoms with E-state index in [0.29, 0.717) is 33.4 Å². The third-order valence-electron chi connectivity index (χ3n) is 9.11. The van der Waals surface area contributed by atoms with Gasteiger partial charge in [0, 0.05) is 24.2 Å². The highest BCUT2D eigenvalue weighted by Gasteiger charge is 2.26. The van der Waals surface area contributed by atoms with Gasteiger partial charge in [-0.25, -0.2) is 8.78 Å². The average molecular weight is 813 g/mol.